The minimum absolute atomic E-state index is 0.0591. The average molecular weight is 447 g/mol. The summed E-state index contributed by atoms with van der Waals surface area (Å²) in [5.74, 6) is -0.753. The molecule has 30 heavy (non-hydrogen) atoms. The van der Waals surface area contributed by atoms with Crippen LogP contribution in [-0.4, -0.2) is 37.2 Å². The molecule has 1 fully saturated rings. The Balaban J connectivity index is 1.85. The second-order valence-corrected chi connectivity index (χ2v) is 8.72. The highest BCUT2D eigenvalue weighted by Crippen LogP contribution is 2.36. The van der Waals surface area contributed by atoms with Gasteiger partial charge in [0, 0.05) is 23.8 Å². The molecule has 1 amide bonds. The molecule has 1 saturated heterocycles. The molecule has 1 aromatic heterocycles. The van der Waals surface area contributed by atoms with Gasteiger partial charge in [-0.05, 0) is 24.5 Å². The maximum Gasteiger partial charge on any atom is 0.326 e. The number of hydrogen-bond donors (Lipinski definition) is 1. The lowest BCUT2D eigenvalue weighted by Gasteiger charge is -2.24. The zero-order valence-electron chi connectivity index (χ0n) is 16.1. The van der Waals surface area contributed by atoms with Crippen LogP contribution >= 0.6 is 24.0 Å². The lowest BCUT2D eigenvalue weighted by atomic mass is 10.0. The number of thiocarbonyl (C=S) groups is 1. The summed E-state index contributed by atoms with van der Waals surface area (Å²) in [6.07, 6.45) is 1.78. The number of carbonyl (C=O) groups excluding carboxylic acids is 1. The van der Waals surface area contributed by atoms with E-state index in [-0.39, 0.29) is 27.3 Å². The number of nitro groups is 1. The monoisotopic (exact) mass is 446 g/mol. The molecule has 0 aliphatic carbocycles. The number of rotatable bonds is 7. The van der Waals surface area contributed by atoms with Gasteiger partial charge in [0.05, 0.1) is 9.83 Å². The molecule has 8 nitrogen and oxygen atoms in total. The predicted molar refractivity (Wildman–Crippen MR) is 117 cm³/mol. The van der Waals surface area contributed by atoms with Gasteiger partial charge < -0.3 is 9.52 Å². The number of carboxylic acid groups (broad SMARTS) is 1. The van der Waals surface area contributed by atoms with Crippen LogP contribution in [0.15, 0.2) is 45.7 Å². The van der Waals surface area contributed by atoms with Crippen LogP contribution in [0.4, 0.5) is 5.69 Å². The first-order valence-corrected chi connectivity index (χ1v) is 10.2. The number of nitro benzene ring substituents is 1. The minimum Gasteiger partial charge on any atom is -0.480 e. The van der Waals surface area contributed by atoms with E-state index in [1.165, 1.54) is 18.2 Å². The number of nitrogens with zero attached hydrogens (tertiary/aromatic N) is 2. The Kier molecular flexibility index (Phi) is 6.37. The zero-order valence-corrected chi connectivity index (χ0v) is 17.7. The number of thioether (sulfide) groups is 1. The minimum atomic E-state index is -1.10. The molecular formula is C20H18N2O6S2. The van der Waals surface area contributed by atoms with Crippen LogP contribution in [0.1, 0.15) is 26.0 Å². The molecule has 1 aliphatic heterocycles. The van der Waals surface area contributed by atoms with E-state index >= 15 is 0 Å². The Morgan fingerprint density at radius 3 is 2.73 bits per heavy atom. The fraction of sp³-hybridized carbons (Fsp3) is 0.250. The number of carboxylic acids is 1. The number of benzene rings is 1. The molecule has 2 heterocycles. The van der Waals surface area contributed by atoms with Gasteiger partial charge in [-0.3, -0.25) is 19.8 Å². The molecule has 1 aromatic carbocycles. The number of carbonyl (C=O) groups is 2. The van der Waals surface area contributed by atoms with E-state index in [0.29, 0.717) is 17.1 Å². The van der Waals surface area contributed by atoms with Gasteiger partial charge in [-0.2, -0.15) is 0 Å². The summed E-state index contributed by atoms with van der Waals surface area (Å²) in [7, 11) is 0. The summed E-state index contributed by atoms with van der Waals surface area (Å²) < 4.78 is 5.90. The van der Waals surface area contributed by atoms with Crippen LogP contribution in [0.3, 0.4) is 0 Å². The van der Waals surface area contributed by atoms with E-state index in [1.807, 2.05) is 13.8 Å². The second-order valence-electron chi connectivity index (χ2n) is 7.04. The van der Waals surface area contributed by atoms with E-state index in [0.717, 1.165) is 16.7 Å². The van der Waals surface area contributed by atoms with Gasteiger partial charge in [0.15, 0.2) is 0 Å². The van der Waals surface area contributed by atoms with Gasteiger partial charge >= 0.3 is 5.97 Å². The largest absolute Gasteiger partial charge is 0.480 e. The molecular weight excluding hydrogens is 428 g/mol. The van der Waals surface area contributed by atoms with Crippen molar-refractivity contribution in [3.8, 4) is 11.3 Å². The Morgan fingerprint density at radius 2 is 2.10 bits per heavy atom. The van der Waals surface area contributed by atoms with Crippen LogP contribution in [-0.2, 0) is 9.59 Å². The molecule has 1 N–H and O–H groups in total. The van der Waals surface area contributed by atoms with E-state index < -0.39 is 22.8 Å². The number of hydrogen-bond acceptors (Lipinski definition) is 7. The lowest BCUT2D eigenvalue weighted by molar-refractivity contribution is -0.384. The van der Waals surface area contributed by atoms with Crippen molar-refractivity contribution in [1.29, 1.82) is 0 Å². The summed E-state index contributed by atoms with van der Waals surface area (Å²) in [5.41, 5.74) is 0.468. The quantitative estimate of drug-likeness (QED) is 0.285. The van der Waals surface area contributed by atoms with Gasteiger partial charge in [0.25, 0.3) is 11.6 Å². The molecule has 0 spiro atoms. The number of amides is 1. The normalized spacial score (nSPS) is 16.5. The highest BCUT2D eigenvalue weighted by molar-refractivity contribution is 8.26. The van der Waals surface area contributed by atoms with E-state index in [1.54, 1.807) is 24.3 Å². The highest BCUT2D eigenvalue weighted by atomic mass is 32.2. The third-order valence-corrected chi connectivity index (χ3v) is 5.69. The molecule has 0 unspecified atom stereocenters. The lowest BCUT2D eigenvalue weighted by Crippen LogP contribution is -2.44. The fourth-order valence-corrected chi connectivity index (χ4v) is 4.34. The van der Waals surface area contributed by atoms with Crippen molar-refractivity contribution in [2.24, 2.45) is 5.92 Å². The van der Waals surface area contributed by atoms with Crippen LogP contribution in [0.2, 0.25) is 0 Å². The molecule has 0 bridgehead atoms. The summed E-state index contributed by atoms with van der Waals surface area (Å²) >= 11 is 6.27. The van der Waals surface area contributed by atoms with Crippen molar-refractivity contribution in [1.82, 2.24) is 4.90 Å². The maximum absolute atomic E-state index is 12.8. The molecule has 3 rings (SSSR count). The number of non-ortho nitro benzene ring substituents is 1. The third kappa shape index (κ3) is 4.60. The topological polar surface area (TPSA) is 114 Å². The summed E-state index contributed by atoms with van der Waals surface area (Å²) in [4.78, 5) is 36.3. The first-order chi connectivity index (χ1) is 14.2. The van der Waals surface area contributed by atoms with E-state index in [2.05, 4.69) is 0 Å². The van der Waals surface area contributed by atoms with Crippen LogP contribution in [0, 0.1) is 16.0 Å². The van der Waals surface area contributed by atoms with Gasteiger partial charge in [0.1, 0.15) is 21.9 Å². The van der Waals surface area contributed by atoms with Crippen molar-refractivity contribution < 1.29 is 24.0 Å². The van der Waals surface area contributed by atoms with Gasteiger partial charge in [0.2, 0.25) is 0 Å². The molecule has 1 atom stereocenters. The Bertz CT molecular complexity index is 1060. The molecule has 0 radical (unpaired) electrons. The molecule has 10 heteroatoms. The predicted octanol–water partition coefficient (Wildman–Crippen LogP) is 4.56. The molecule has 0 saturated carbocycles. The van der Waals surface area contributed by atoms with Crippen LogP contribution in [0.25, 0.3) is 17.4 Å². The zero-order chi connectivity index (χ0) is 22.0. The van der Waals surface area contributed by atoms with E-state index in [9.17, 15) is 24.8 Å². The summed E-state index contributed by atoms with van der Waals surface area (Å²) in [6, 6.07) is 8.26. The first-order valence-electron chi connectivity index (χ1n) is 9.02. The Labute approximate surface area is 181 Å². The van der Waals surface area contributed by atoms with Crippen LogP contribution in [0.5, 0.6) is 0 Å². The first kappa shape index (κ1) is 21.7. The van der Waals surface area contributed by atoms with Gasteiger partial charge in [-0.1, -0.05) is 50.0 Å². The standard InChI is InChI=1S/C20H18N2O6S2/c1-11(2)8-15(19(24)25)21-18(23)17(30-20(21)29)10-14-6-7-16(28-14)12-4-3-5-13(9-12)22(26)27/h3-7,9-11,15H,8H2,1-2H3,(H,24,25)/b17-10+/t15-/m0/s1. The molecule has 1 aliphatic rings. The summed E-state index contributed by atoms with van der Waals surface area (Å²) in [5, 5.41) is 20.5. The highest BCUT2D eigenvalue weighted by Gasteiger charge is 2.40. The molecule has 156 valence electrons. The van der Waals surface area contributed by atoms with Crippen molar-refractivity contribution in [2.75, 3.05) is 0 Å². The maximum atomic E-state index is 12.8. The number of furan rings is 1. The SMILES string of the molecule is CC(C)C[C@@H](C(=O)O)N1C(=O)/C(=C\c2ccc(-c3cccc([N+](=O)[O-])c3)o2)SC1=S. The summed E-state index contributed by atoms with van der Waals surface area (Å²) in [6.45, 7) is 3.75. The van der Waals surface area contributed by atoms with Gasteiger partial charge in [-0.25, -0.2) is 4.79 Å². The van der Waals surface area contributed by atoms with Crippen molar-refractivity contribution >= 4 is 51.9 Å². The Morgan fingerprint density at radius 1 is 1.37 bits per heavy atom. The third-order valence-electron chi connectivity index (χ3n) is 4.36. The Hall–Kier alpha value is -2.98. The average Bonchev–Trinajstić information content (AvgIpc) is 3.25. The second kappa shape index (κ2) is 8.80. The van der Waals surface area contributed by atoms with Crippen molar-refractivity contribution in [3.63, 3.8) is 0 Å². The van der Waals surface area contributed by atoms with Crippen molar-refractivity contribution in [2.45, 2.75) is 26.3 Å². The molecule has 2 aromatic rings. The fourth-order valence-electron chi connectivity index (χ4n) is 3.00. The van der Waals surface area contributed by atoms with Crippen molar-refractivity contribution in [3.05, 3.63) is 57.2 Å². The van der Waals surface area contributed by atoms with Gasteiger partial charge in [-0.15, -0.1) is 0 Å². The number of aliphatic carboxylic acids is 1. The smallest absolute Gasteiger partial charge is 0.326 e. The van der Waals surface area contributed by atoms with E-state index in [4.69, 9.17) is 16.6 Å². The van der Waals surface area contributed by atoms with Crippen LogP contribution < -0.4 is 0 Å².